The molecule has 0 heterocycles. The largest absolute Gasteiger partial charge is 0.463 e. The lowest BCUT2D eigenvalue weighted by Crippen LogP contribution is -2.30. The second-order valence-electron chi connectivity index (χ2n) is 5.83. The maximum atomic E-state index is 11.8. The Morgan fingerprint density at radius 2 is 1.89 bits per heavy atom. The highest BCUT2D eigenvalue weighted by atomic mass is 16.6. The quantitative estimate of drug-likeness (QED) is 0.510. The molecule has 18 heavy (non-hydrogen) atoms. The zero-order valence-corrected chi connectivity index (χ0v) is 12.3. The van der Waals surface area contributed by atoms with Crippen molar-refractivity contribution in [2.24, 2.45) is 17.1 Å². The van der Waals surface area contributed by atoms with Crippen LogP contribution in [0, 0.1) is 11.3 Å². The van der Waals surface area contributed by atoms with Crippen molar-refractivity contribution in [1.82, 2.24) is 0 Å². The van der Waals surface area contributed by atoms with E-state index < -0.39 is 0 Å². The summed E-state index contributed by atoms with van der Waals surface area (Å²) in [5.74, 6) is -0.410. The highest BCUT2D eigenvalue weighted by Crippen LogP contribution is 2.24. The fourth-order valence-corrected chi connectivity index (χ4v) is 1.67. The van der Waals surface area contributed by atoms with Crippen LogP contribution in [0.3, 0.4) is 0 Å². The van der Waals surface area contributed by atoms with Crippen LogP contribution in [0.5, 0.6) is 0 Å². The molecule has 0 fully saturated rings. The monoisotopic (exact) mass is 259 g/mol. The summed E-state index contributed by atoms with van der Waals surface area (Å²) in [6.45, 7) is 10.3. The Morgan fingerprint density at radius 1 is 1.22 bits per heavy atom. The average Bonchev–Trinajstić information content (AvgIpc) is 2.29. The van der Waals surface area contributed by atoms with E-state index in [1.807, 2.05) is 0 Å². The van der Waals surface area contributed by atoms with E-state index >= 15 is 0 Å². The Bertz CT molecular complexity index is 224. The molecule has 0 spiro atoms. The van der Waals surface area contributed by atoms with E-state index in [1.54, 1.807) is 0 Å². The molecule has 1 atom stereocenters. The van der Waals surface area contributed by atoms with Crippen LogP contribution in [0.25, 0.3) is 0 Å². The molecule has 0 amide bonds. The number of esters is 1. The van der Waals surface area contributed by atoms with E-state index in [4.69, 9.17) is 15.2 Å². The van der Waals surface area contributed by atoms with Crippen molar-refractivity contribution in [3.8, 4) is 0 Å². The smallest absolute Gasteiger partial charge is 0.310 e. The van der Waals surface area contributed by atoms with Crippen LogP contribution < -0.4 is 5.73 Å². The van der Waals surface area contributed by atoms with Gasteiger partial charge in [0.25, 0.3) is 0 Å². The first kappa shape index (κ1) is 17.4. The van der Waals surface area contributed by atoms with Gasteiger partial charge in [-0.25, -0.2) is 0 Å². The molecule has 0 aliphatic rings. The van der Waals surface area contributed by atoms with Gasteiger partial charge < -0.3 is 15.2 Å². The maximum Gasteiger partial charge on any atom is 0.310 e. The van der Waals surface area contributed by atoms with E-state index in [-0.39, 0.29) is 17.3 Å². The first-order chi connectivity index (χ1) is 8.40. The van der Waals surface area contributed by atoms with Gasteiger partial charge in [-0.05, 0) is 18.3 Å². The highest BCUT2D eigenvalue weighted by molar-refractivity contribution is 5.72. The van der Waals surface area contributed by atoms with Crippen molar-refractivity contribution < 1.29 is 14.3 Å². The molecule has 0 aromatic heterocycles. The summed E-state index contributed by atoms with van der Waals surface area (Å²) in [5.41, 5.74) is 5.70. The third kappa shape index (κ3) is 9.42. The van der Waals surface area contributed by atoms with Gasteiger partial charge in [0.05, 0.1) is 12.5 Å². The SMILES string of the molecule is CCCCOCCOC(=O)C(CN)CC(C)(C)C. The Hall–Kier alpha value is -0.610. The molecule has 1 unspecified atom stereocenters. The summed E-state index contributed by atoms with van der Waals surface area (Å²) in [6.07, 6.45) is 2.91. The Kier molecular flexibility index (Phi) is 9.02. The normalized spacial score (nSPS) is 13.4. The molecule has 0 aliphatic carbocycles. The number of rotatable bonds is 9. The number of hydrogen-bond acceptors (Lipinski definition) is 4. The maximum absolute atomic E-state index is 11.8. The molecule has 2 N–H and O–H groups in total. The molecular formula is C14H29NO3. The van der Waals surface area contributed by atoms with E-state index in [1.165, 1.54) is 0 Å². The van der Waals surface area contributed by atoms with E-state index in [0.29, 0.717) is 19.8 Å². The van der Waals surface area contributed by atoms with Crippen molar-refractivity contribution in [2.45, 2.75) is 47.0 Å². The first-order valence-corrected chi connectivity index (χ1v) is 6.85. The summed E-state index contributed by atoms with van der Waals surface area (Å²) >= 11 is 0. The van der Waals surface area contributed by atoms with Crippen molar-refractivity contribution in [3.05, 3.63) is 0 Å². The zero-order chi connectivity index (χ0) is 14.0. The Balaban J connectivity index is 3.77. The van der Waals surface area contributed by atoms with Gasteiger partial charge in [0.15, 0.2) is 0 Å². The van der Waals surface area contributed by atoms with Crippen molar-refractivity contribution >= 4 is 5.97 Å². The number of carbonyl (C=O) groups excluding carboxylic acids is 1. The minimum atomic E-state index is -0.208. The highest BCUT2D eigenvalue weighted by Gasteiger charge is 2.24. The van der Waals surface area contributed by atoms with Crippen molar-refractivity contribution in [2.75, 3.05) is 26.4 Å². The van der Waals surface area contributed by atoms with E-state index in [9.17, 15) is 4.79 Å². The van der Waals surface area contributed by atoms with Crippen LogP contribution in [0.15, 0.2) is 0 Å². The van der Waals surface area contributed by atoms with Gasteiger partial charge in [0, 0.05) is 13.2 Å². The molecule has 0 saturated carbocycles. The predicted molar refractivity (Wildman–Crippen MR) is 73.3 cm³/mol. The van der Waals surface area contributed by atoms with Gasteiger partial charge in [-0.2, -0.15) is 0 Å². The molecule has 108 valence electrons. The fraction of sp³-hybridized carbons (Fsp3) is 0.929. The first-order valence-electron chi connectivity index (χ1n) is 6.85. The summed E-state index contributed by atoms with van der Waals surface area (Å²) in [7, 11) is 0. The summed E-state index contributed by atoms with van der Waals surface area (Å²) in [5, 5.41) is 0. The predicted octanol–water partition coefficient (Wildman–Crippen LogP) is 2.36. The lowest BCUT2D eigenvalue weighted by Gasteiger charge is -2.23. The number of hydrogen-bond donors (Lipinski definition) is 1. The topological polar surface area (TPSA) is 61.5 Å². The van der Waals surface area contributed by atoms with E-state index in [2.05, 4.69) is 27.7 Å². The zero-order valence-electron chi connectivity index (χ0n) is 12.3. The molecule has 0 rings (SSSR count). The molecule has 4 nitrogen and oxygen atoms in total. The third-order valence-electron chi connectivity index (χ3n) is 2.59. The number of carbonyl (C=O) groups is 1. The van der Waals surface area contributed by atoms with Gasteiger partial charge in [-0.1, -0.05) is 34.1 Å². The molecular weight excluding hydrogens is 230 g/mol. The molecule has 0 aromatic carbocycles. The lowest BCUT2D eigenvalue weighted by molar-refractivity contribution is -0.150. The van der Waals surface area contributed by atoms with Gasteiger partial charge in [-0.15, -0.1) is 0 Å². The average molecular weight is 259 g/mol. The van der Waals surface area contributed by atoms with Crippen LogP contribution in [-0.4, -0.2) is 32.3 Å². The molecule has 4 heteroatoms. The Labute approximate surface area is 111 Å². The number of nitrogens with two attached hydrogens (primary N) is 1. The lowest BCUT2D eigenvalue weighted by atomic mass is 9.85. The third-order valence-corrected chi connectivity index (χ3v) is 2.59. The minimum absolute atomic E-state index is 0.0840. The number of ether oxygens (including phenoxy) is 2. The second kappa shape index (κ2) is 9.34. The van der Waals surface area contributed by atoms with E-state index in [0.717, 1.165) is 25.9 Å². The minimum Gasteiger partial charge on any atom is -0.463 e. The standard InChI is InChI=1S/C14H29NO3/c1-5-6-7-17-8-9-18-13(16)12(11-15)10-14(2,3)4/h12H,5-11,15H2,1-4H3. The van der Waals surface area contributed by atoms with Crippen molar-refractivity contribution in [3.63, 3.8) is 0 Å². The van der Waals surface area contributed by atoms with Crippen LogP contribution in [0.4, 0.5) is 0 Å². The van der Waals surface area contributed by atoms with Gasteiger partial charge in [0.2, 0.25) is 0 Å². The van der Waals surface area contributed by atoms with Gasteiger partial charge in [0.1, 0.15) is 6.61 Å². The van der Waals surface area contributed by atoms with Gasteiger partial charge >= 0.3 is 5.97 Å². The molecule has 0 bridgehead atoms. The molecule has 0 radical (unpaired) electrons. The van der Waals surface area contributed by atoms with Crippen LogP contribution in [0.2, 0.25) is 0 Å². The van der Waals surface area contributed by atoms with Gasteiger partial charge in [-0.3, -0.25) is 4.79 Å². The van der Waals surface area contributed by atoms with Crippen LogP contribution >= 0.6 is 0 Å². The second-order valence-corrected chi connectivity index (χ2v) is 5.83. The fourth-order valence-electron chi connectivity index (χ4n) is 1.67. The molecule has 0 saturated heterocycles. The number of unbranched alkanes of at least 4 members (excludes halogenated alkanes) is 1. The summed E-state index contributed by atoms with van der Waals surface area (Å²) < 4.78 is 10.5. The summed E-state index contributed by atoms with van der Waals surface area (Å²) in [6, 6.07) is 0. The molecule has 0 aromatic rings. The van der Waals surface area contributed by atoms with Crippen LogP contribution in [-0.2, 0) is 14.3 Å². The molecule has 0 aliphatic heterocycles. The van der Waals surface area contributed by atoms with Crippen LogP contribution in [0.1, 0.15) is 47.0 Å². The Morgan fingerprint density at radius 3 is 2.39 bits per heavy atom. The summed E-state index contributed by atoms with van der Waals surface area (Å²) in [4.78, 5) is 11.8. The van der Waals surface area contributed by atoms with Crippen molar-refractivity contribution in [1.29, 1.82) is 0 Å².